The third-order valence-corrected chi connectivity index (χ3v) is 9.00. The van der Waals surface area contributed by atoms with Gasteiger partial charge in [0.25, 0.3) is 0 Å². The summed E-state index contributed by atoms with van der Waals surface area (Å²) >= 11 is 0. The first-order chi connectivity index (χ1) is 22.3. The fourth-order valence-corrected chi connectivity index (χ4v) is 6.03. The number of amides is 4. The minimum atomic E-state index is -0.822. The van der Waals surface area contributed by atoms with Crippen LogP contribution >= 0.6 is 0 Å². The van der Waals surface area contributed by atoms with Gasteiger partial charge in [0.05, 0.1) is 41.3 Å². The maximum atomic E-state index is 13.3. The van der Waals surface area contributed by atoms with Gasteiger partial charge in [0, 0.05) is 31.7 Å². The third kappa shape index (κ3) is 17.3. The number of benzene rings is 1. The van der Waals surface area contributed by atoms with Crippen LogP contribution in [0.1, 0.15) is 90.0 Å². The average molecular weight is 694 g/mol. The molecule has 4 atom stereocenters. The van der Waals surface area contributed by atoms with Gasteiger partial charge >= 0.3 is 5.97 Å². The molecular formula is C36H60ClN5O6. The molecule has 11 nitrogen and oxygen atoms in total. The summed E-state index contributed by atoms with van der Waals surface area (Å²) in [5.41, 5.74) is 0.900. The van der Waals surface area contributed by atoms with Crippen LogP contribution in [0.5, 0.6) is 0 Å². The van der Waals surface area contributed by atoms with Crippen molar-refractivity contribution in [2.24, 2.45) is 11.8 Å². The zero-order chi connectivity index (χ0) is 34.8. The van der Waals surface area contributed by atoms with E-state index >= 15 is 0 Å². The smallest absolute Gasteiger partial charge is 0.328 e. The van der Waals surface area contributed by atoms with Crippen molar-refractivity contribution in [3.8, 4) is 0 Å². The highest BCUT2D eigenvalue weighted by Gasteiger charge is 2.28. The minimum absolute atomic E-state index is 0. The number of hydrogen-bond acceptors (Lipinski definition) is 6. The number of ether oxygens (including phenoxy) is 1. The van der Waals surface area contributed by atoms with Gasteiger partial charge in [-0.25, -0.2) is 4.79 Å². The van der Waals surface area contributed by atoms with Crippen LogP contribution in [-0.2, 0) is 35.1 Å². The molecule has 0 spiro atoms. The molecule has 1 aromatic rings. The summed E-state index contributed by atoms with van der Waals surface area (Å²) in [6.45, 7) is 4.43. The SMILES string of the molecule is CC[C@H](C)[C@H](NC(=O)CCC(CC1CCCCC1)NC(=O)CNC(=O)[C@H](Cc1ccccc1)NC(=O)CCC[N+](C)(C)C)C(=O)OC.[Cl-]. The van der Waals surface area contributed by atoms with E-state index in [0.717, 1.165) is 48.7 Å². The molecule has 1 aliphatic rings. The number of nitrogens with one attached hydrogen (secondary N) is 4. The van der Waals surface area contributed by atoms with Crippen molar-refractivity contribution < 1.29 is 45.6 Å². The average Bonchev–Trinajstić information content (AvgIpc) is 3.04. The van der Waals surface area contributed by atoms with E-state index in [1.165, 1.54) is 13.5 Å². The first-order valence-corrected chi connectivity index (χ1v) is 17.4. The second-order valence-corrected chi connectivity index (χ2v) is 14.1. The molecule has 12 heteroatoms. The maximum absolute atomic E-state index is 13.3. The van der Waals surface area contributed by atoms with Crippen molar-refractivity contribution in [2.45, 2.75) is 109 Å². The molecular weight excluding hydrogens is 634 g/mol. The Morgan fingerprint density at radius 2 is 1.54 bits per heavy atom. The summed E-state index contributed by atoms with van der Waals surface area (Å²) < 4.78 is 5.64. The zero-order valence-corrected chi connectivity index (χ0v) is 30.7. The number of halogens is 1. The van der Waals surface area contributed by atoms with Crippen LogP contribution in [0.25, 0.3) is 0 Å². The molecule has 48 heavy (non-hydrogen) atoms. The molecule has 0 saturated heterocycles. The Balaban J connectivity index is 0.0000115. The van der Waals surface area contributed by atoms with Crippen molar-refractivity contribution >= 4 is 29.6 Å². The van der Waals surface area contributed by atoms with Gasteiger partial charge in [-0.05, 0) is 30.2 Å². The van der Waals surface area contributed by atoms with Gasteiger partial charge in [-0.15, -0.1) is 0 Å². The van der Waals surface area contributed by atoms with Gasteiger partial charge in [0.1, 0.15) is 12.1 Å². The minimum Gasteiger partial charge on any atom is -1.00 e. The Morgan fingerprint density at radius 1 is 0.896 bits per heavy atom. The summed E-state index contributed by atoms with van der Waals surface area (Å²) in [5, 5.41) is 11.5. The Labute approximate surface area is 294 Å². The monoisotopic (exact) mass is 693 g/mol. The molecule has 0 heterocycles. The van der Waals surface area contributed by atoms with Crippen molar-refractivity contribution in [2.75, 3.05) is 41.3 Å². The molecule has 4 amide bonds. The highest BCUT2D eigenvalue weighted by Crippen LogP contribution is 2.28. The highest BCUT2D eigenvalue weighted by molar-refractivity contribution is 5.91. The van der Waals surface area contributed by atoms with E-state index in [2.05, 4.69) is 42.4 Å². The van der Waals surface area contributed by atoms with E-state index in [1.54, 1.807) is 0 Å². The van der Waals surface area contributed by atoms with Crippen molar-refractivity contribution in [3.63, 3.8) is 0 Å². The van der Waals surface area contributed by atoms with Crippen molar-refractivity contribution in [1.82, 2.24) is 21.3 Å². The lowest BCUT2D eigenvalue weighted by Crippen LogP contribution is -3.00. The second-order valence-electron chi connectivity index (χ2n) is 14.1. The Morgan fingerprint density at radius 3 is 2.15 bits per heavy atom. The second kappa shape index (κ2) is 22.5. The Hall–Kier alpha value is -3.18. The third-order valence-electron chi connectivity index (χ3n) is 9.00. The normalized spacial score (nSPS) is 15.9. The lowest BCUT2D eigenvalue weighted by Gasteiger charge is -2.28. The first kappa shape index (κ1) is 42.8. The lowest BCUT2D eigenvalue weighted by atomic mass is 9.84. The van der Waals surface area contributed by atoms with E-state index in [0.29, 0.717) is 38.0 Å². The summed E-state index contributed by atoms with van der Waals surface area (Å²) in [5.74, 6) is -1.33. The molecule has 1 saturated carbocycles. The maximum Gasteiger partial charge on any atom is 0.328 e. The van der Waals surface area contributed by atoms with Crippen LogP contribution < -0.4 is 33.7 Å². The number of nitrogens with zero attached hydrogens (tertiary/aromatic N) is 1. The van der Waals surface area contributed by atoms with Crippen LogP contribution in [0, 0.1) is 11.8 Å². The number of quaternary nitrogens is 1. The number of hydrogen-bond donors (Lipinski definition) is 4. The Kier molecular flexibility index (Phi) is 20.0. The van der Waals surface area contributed by atoms with E-state index < -0.39 is 24.0 Å². The summed E-state index contributed by atoms with van der Waals surface area (Å²) in [6, 6.07) is 7.66. The predicted octanol–water partition coefficient (Wildman–Crippen LogP) is 0.260. The molecule has 1 aliphatic carbocycles. The number of carbonyl (C=O) groups excluding carboxylic acids is 5. The number of methoxy groups -OCH3 is 1. The quantitative estimate of drug-likeness (QED) is 0.114. The van der Waals surface area contributed by atoms with Gasteiger partial charge in [-0.1, -0.05) is 82.7 Å². The molecule has 272 valence electrons. The van der Waals surface area contributed by atoms with E-state index in [1.807, 2.05) is 44.2 Å². The van der Waals surface area contributed by atoms with Crippen LogP contribution in [-0.4, -0.2) is 93.5 Å². The van der Waals surface area contributed by atoms with Gasteiger partial charge in [-0.3, -0.25) is 19.2 Å². The van der Waals surface area contributed by atoms with Crippen LogP contribution in [0.2, 0.25) is 0 Å². The molecule has 4 N–H and O–H groups in total. The van der Waals surface area contributed by atoms with E-state index in [4.69, 9.17) is 4.74 Å². The van der Waals surface area contributed by atoms with Crippen LogP contribution in [0.15, 0.2) is 30.3 Å². The Bertz CT molecular complexity index is 1140. The number of rotatable bonds is 20. The predicted molar refractivity (Wildman–Crippen MR) is 183 cm³/mol. The number of carbonyl (C=O) groups is 5. The molecule has 0 aromatic heterocycles. The topological polar surface area (TPSA) is 143 Å². The standard InChI is InChI=1S/C36H59N5O6.ClH/c1-7-26(2)34(36(46)47-6)40-32(43)21-20-29(23-27-15-10-8-11-16-27)38-33(44)25-37-35(45)30(24-28-17-12-9-13-18-28)39-31(42)19-14-22-41(3,4)5;/h9,12-13,17-18,26-27,29-30,34H,7-8,10-11,14-16,19-25H2,1-6H3,(H3-,37,38,39,40,42,43,44,45);1H/t26-,29?,30-,34-;/m0./s1. The van der Waals surface area contributed by atoms with Gasteiger partial charge in [0.15, 0.2) is 0 Å². The first-order valence-electron chi connectivity index (χ1n) is 17.4. The van der Waals surface area contributed by atoms with E-state index in [-0.39, 0.29) is 55.1 Å². The zero-order valence-electron chi connectivity index (χ0n) is 29.9. The molecule has 0 bridgehead atoms. The molecule has 0 radical (unpaired) electrons. The molecule has 0 aliphatic heterocycles. The molecule has 1 aromatic carbocycles. The summed E-state index contributed by atoms with van der Waals surface area (Å²) in [4.78, 5) is 64.4. The van der Waals surface area contributed by atoms with Gasteiger partial charge in [0.2, 0.25) is 23.6 Å². The fraction of sp³-hybridized carbons (Fsp3) is 0.694. The summed E-state index contributed by atoms with van der Waals surface area (Å²) in [7, 11) is 7.51. The number of esters is 1. The van der Waals surface area contributed by atoms with Crippen LogP contribution in [0.3, 0.4) is 0 Å². The van der Waals surface area contributed by atoms with Crippen molar-refractivity contribution in [3.05, 3.63) is 35.9 Å². The molecule has 1 fully saturated rings. The lowest BCUT2D eigenvalue weighted by molar-refractivity contribution is -0.870. The van der Waals surface area contributed by atoms with Gasteiger partial charge < -0.3 is 42.9 Å². The fourth-order valence-electron chi connectivity index (χ4n) is 6.03. The van der Waals surface area contributed by atoms with Crippen molar-refractivity contribution in [1.29, 1.82) is 0 Å². The summed E-state index contributed by atoms with van der Waals surface area (Å²) in [6.07, 6.45) is 9.01. The largest absolute Gasteiger partial charge is 1.00 e. The highest BCUT2D eigenvalue weighted by atomic mass is 35.5. The van der Waals surface area contributed by atoms with Gasteiger partial charge in [-0.2, -0.15) is 0 Å². The molecule has 1 unspecified atom stereocenters. The van der Waals surface area contributed by atoms with Crippen LogP contribution in [0.4, 0.5) is 0 Å². The van der Waals surface area contributed by atoms with E-state index in [9.17, 15) is 24.0 Å². The molecule has 2 rings (SSSR count).